The summed E-state index contributed by atoms with van der Waals surface area (Å²) in [6.45, 7) is 21.2. The monoisotopic (exact) mass is 912 g/mol. The number of carbonyl (C=O) groups is 1. The predicted octanol–water partition coefficient (Wildman–Crippen LogP) is 14.5. The first kappa shape index (κ1) is 45.1. The van der Waals surface area contributed by atoms with E-state index < -0.39 is 0 Å². The summed E-state index contributed by atoms with van der Waals surface area (Å²) in [7, 11) is 0. The summed E-state index contributed by atoms with van der Waals surface area (Å²) >= 11 is 1.22. The van der Waals surface area contributed by atoms with Gasteiger partial charge in [0.2, 0.25) is 0 Å². The minimum Gasteiger partial charge on any atom is -0.287 e. The Morgan fingerprint density at radius 3 is 1.00 bits per heavy atom. The molecule has 5 aliphatic heterocycles. The van der Waals surface area contributed by atoms with Crippen LogP contribution in [-0.2, 0) is 4.79 Å². The van der Waals surface area contributed by atoms with Crippen molar-refractivity contribution < 1.29 is 4.79 Å². The van der Waals surface area contributed by atoms with E-state index >= 15 is 0 Å². The third kappa shape index (κ3) is 8.71. The van der Waals surface area contributed by atoms with Crippen LogP contribution in [0.4, 0.5) is 0 Å². The van der Waals surface area contributed by atoms with Gasteiger partial charge in [-0.2, -0.15) is 0 Å². The highest BCUT2D eigenvalue weighted by atomic mass is 32.2. The molecule has 5 aliphatic rings. The lowest BCUT2D eigenvalue weighted by atomic mass is 9.89. The maximum absolute atomic E-state index is 11.6. The molecule has 0 unspecified atom stereocenters. The zero-order valence-electron chi connectivity index (χ0n) is 40.8. The third-order valence-electron chi connectivity index (χ3n) is 13.0. The molecule has 0 aromatic heterocycles. The molecule has 6 heteroatoms. The number of benzene rings is 5. The number of aliphatic imine (C=N–C) groups is 4. The molecule has 0 N–H and O–H groups in total. The molecule has 5 heterocycles. The largest absolute Gasteiger partial charge is 0.287 e. The van der Waals surface area contributed by atoms with Gasteiger partial charge in [0.1, 0.15) is 0 Å². The van der Waals surface area contributed by atoms with E-state index in [0.29, 0.717) is 0 Å². The highest BCUT2D eigenvalue weighted by Crippen LogP contribution is 2.42. The van der Waals surface area contributed by atoms with Crippen LogP contribution in [0.25, 0.3) is 22.3 Å². The van der Waals surface area contributed by atoms with Crippen LogP contribution in [0, 0.1) is 74.2 Å². The number of rotatable bonds is 5. The average Bonchev–Trinajstić information content (AvgIpc) is 4.14. The normalized spacial score (nSPS) is 15.9. The van der Waals surface area contributed by atoms with Crippen LogP contribution < -0.4 is 0 Å². The number of allylic oxidation sites excluding steroid dienone is 12. The average molecular weight is 913 g/mol. The number of hydrogen-bond acceptors (Lipinski definition) is 6. The van der Waals surface area contributed by atoms with E-state index in [0.717, 1.165) is 106 Å². The van der Waals surface area contributed by atoms with Crippen LogP contribution in [0.1, 0.15) is 90.4 Å². The fourth-order valence-electron chi connectivity index (χ4n) is 10.5. The molecule has 5 aromatic rings. The van der Waals surface area contributed by atoms with Crippen molar-refractivity contribution in [1.29, 1.82) is 0 Å². The zero-order valence-corrected chi connectivity index (χ0v) is 41.6. The van der Waals surface area contributed by atoms with Gasteiger partial charge < -0.3 is 0 Å². The molecular formula is C63H52N4OS. The Bertz CT molecular complexity index is 3470. The number of aryl methyl sites for hydroxylation is 9. The predicted molar refractivity (Wildman–Crippen MR) is 291 cm³/mol. The van der Waals surface area contributed by atoms with E-state index in [1.807, 2.05) is 24.3 Å². The lowest BCUT2D eigenvalue weighted by Crippen LogP contribution is -2.07. The lowest BCUT2D eigenvalue weighted by Gasteiger charge is -2.18. The van der Waals surface area contributed by atoms with Crippen LogP contribution in [0.2, 0.25) is 0 Å². The first-order valence-corrected chi connectivity index (χ1v) is 24.2. The quantitative estimate of drug-likeness (QED) is 0.130. The molecule has 5 nitrogen and oxygen atoms in total. The summed E-state index contributed by atoms with van der Waals surface area (Å²) in [5, 5.41) is 0.0586. The molecule has 0 saturated carbocycles. The summed E-state index contributed by atoms with van der Waals surface area (Å²) in [5.74, 6) is 6.65. The van der Waals surface area contributed by atoms with Crippen molar-refractivity contribution >= 4 is 62.0 Å². The van der Waals surface area contributed by atoms with Crippen LogP contribution in [0.15, 0.2) is 181 Å². The van der Waals surface area contributed by atoms with Gasteiger partial charge in [0.15, 0.2) is 5.12 Å². The number of fused-ring (bicyclic) bond motifs is 4. The summed E-state index contributed by atoms with van der Waals surface area (Å²) in [4.78, 5) is 34.8. The zero-order chi connectivity index (χ0) is 48.2. The first-order chi connectivity index (χ1) is 33.2. The van der Waals surface area contributed by atoms with Crippen molar-refractivity contribution in [3.8, 4) is 11.8 Å². The Kier molecular flexibility index (Phi) is 11.8. The van der Waals surface area contributed by atoms with Crippen LogP contribution in [0.5, 0.6) is 0 Å². The highest BCUT2D eigenvalue weighted by Gasteiger charge is 2.30. The van der Waals surface area contributed by atoms with E-state index in [4.69, 9.17) is 20.0 Å². The van der Waals surface area contributed by atoms with E-state index in [1.54, 1.807) is 6.92 Å². The van der Waals surface area contributed by atoms with Gasteiger partial charge in [-0.15, -0.1) is 0 Å². The summed E-state index contributed by atoms with van der Waals surface area (Å²) in [6, 6.07) is 29.7. The molecule has 336 valence electrons. The van der Waals surface area contributed by atoms with E-state index in [2.05, 4.69) is 183 Å². The molecule has 0 spiro atoms. The summed E-state index contributed by atoms with van der Waals surface area (Å²) in [5.41, 5.74) is 27.4. The Morgan fingerprint density at radius 1 is 0.391 bits per heavy atom. The second-order valence-corrected chi connectivity index (χ2v) is 19.9. The van der Waals surface area contributed by atoms with Gasteiger partial charge in [0.05, 0.1) is 45.6 Å². The second-order valence-electron chi connectivity index (χ2n) is 18.6. The topological polar surface area (TPSA) is 66.5 Å². The maximum Gasteiger partial charge on any atom is 0.190 e. The van der Waals surface area contributed by atoms with Crippen LogP contribution >= 0.6 is 11.8 Å². The van der Waals surface area contributed by atoms with Crippen molar-refractivity contribution in [1.82, 2.24) is 0 Å². The molecule has 0 amide bonds. The molecule has 0 radical (unpaired) electrons. The molecule has 69 heavy (non-hydrogen) atoms. The summed E-state index contributed by atoms with van der Waals surface area (Å²) < 4.78 is 0. The molecule has 8 bridgehead atoms. The standard InChI is InChI=1S/C63H52N4OS/c1-35-29-38(4)57(39(5)30-35)61-51-23-21-49(64-51)60(47-17-13-45(14-18-47)11-12-46-15-19-48(20-16-46)69-44(10)68)50-22-24-52(65-50)62(58-40(6)31-36(2)32-41(58)7)54-26-28-56(67-54)63(55-27-25-53(61)66-55)59-42(8)33-37(3)34-43(59)9/h13-34H,1-10H3. The molecule has 0 atom stereocenters. The van der Waals surface area contributed by atoms with Crippen molar-refractivity contribution in [3.63, 3.8) is 0 Å². The molecular weight excluding hydrogens is 861 g/mol. The number of carbonyl (C=O) groups excluding carboxylic acids is 1. The van der Waals surface area contributed by atoms with Gasteiger partial charge in [-0.3, -0.25) is 4.79 Å². The van der Waals surface area contributed by atoms with E-state index in [-0.39, 0.29) is 5.12 Å². The van der Waals surface area contributed by atoms with Gasteiger partial charge >= 0.3 is 0 Å². The van der Waals surface area contributed by atoms with Crippen molar-refractivity contribution in [2.45, 2.75) is 74.1 Å². The Balaban J connectivity index is 1.23. The van der Waals surface area contributed by atoms with Crippen molar-refractivity contribution in [2.75, 3.05) is 0 Å². The third-order valence-corrected chi connectivity index (χ3v) is 13.8. The molecule has 0 aliphatic carbocycles. The minimum absolute atomic E-state index is 0.0586. The van der Waals surface area contributed by atoms with Gasteiger partial charge in [-0.25, -0.2) is 20.0 Å². The summed E-state index contributed by atoms with van der Waals surface area (Å²) in [6.07, 6.45) is 17.2. The molecule has 10 rings (SSSR count). The van der Waals surface area contributed by atoms with Gasteiger partial charge in [0.25, 0.3) is 0 Å². The van der Waals surface area contributed by atoms with Crippen LogP contribution in [0.3, 0.4) is 0 Å². The number of nitrogens with zero attached hydrogens (tertiary/aromatic N) is 4. The Labute approximate surface area is 410 Å². The lowest BCUT2D eigenvalue weighted by molar-refractivity contribution is -0.109. The first-order valence-electron chi connectivity index (χ1n) is 23.4. The Hall–Kier alpha value is -7.72. The van der Waals surface area contributed by atoms with Crippen LogP contribution in [-0.4, -0.2) is 28.0 Å². The fraction of sp³-hybridized carbons (Fsp3) is 0.159. The minimum atomic E-state index is 0.0586. The van der Waals surface area contributed by atoms with E-state index in [1.165, 1.54) is 61.8 Å². The number of thioether (sulfide) groups is 1. The fourth-order valence-corrected chi connectivity index (χ4v) is 11.1. The molecule has 0 fully saturated rings. The van der Waals surface area contributed by atoms with Gasteiger partial charge in [0, 0.05) is 45.2 Å². The van der Waals surface area contributed by atoms with Gasteiger partial charge in [-0.05, 0) is 203 Å². The SMILES string of the molecule is CC(=O)Sc1ccc(C#Cc2ccc(C3=C4C=CC(=N4)C(c4c(C)cc(C)cc4C)=C4C=CC(=N4)C(c4c(C)cc(C)cc4C)=C4C=CC(=N4)C(c4c(C)cc(C)cc4C)=C4C=CC3=N4)cc2)cc1. The number of hydrogen-bond donors (Lipinski definition) is 0. The van der Waals surface area contributed by atoms with Gasteiger partial charge in [-0.1, -0.05) is 88.8 Å². The molecule has 5 aromatic carbocycles. The van der Waals surface area contributed by atoms with E-state index in [9.17, 15) is 4.79 Å². The smallest absolute Gasteiger partial charge is 0.190 e. The van der Waals surface area contributed by atoms with Crippen molar-refractivity contribution in [2.24, 2.45) is 20.0 Å². The second kappa shape index (κ2) is 18.1. The highest BCUT2D eigenvalue weighted by molar-refractivity contribution is 8.13. The Morgan fingerprint density at radius 2 is 0.681 bits per heavy atom. The van der Waals surface area contributed by atoms with Crippen molar-refractivity contribution in [3.05, 3.63) is 240 Å². The maximum atomic E-state index is 11.6. The molecule has 0 saturated heterocycles.